The number of nitrogens with one attached hydrogen (secondary N) is 1. The third kappa shape index (κ3) is 2.52. The molecule has 108 valence electrons. The maximum atomic E-state index is 12.4. The van der Waals surface area contributed by atoms with Gasteiger partial charge in [-0.25, -0.2) is 0 Å². The van der Waals surface area contributed by atoms with Gasteiger partial charge in [0.15, 0.2) is 12.4 Å². The van der Waals surface area contributed by atoms with Gasteiger partial charge < -0.3 is 14.5 Å². The van der Waals surface area contributed by atoms with Crippen molar-refractivity contribution in [2.75, 3.05) is 11.9 Å². The smallest absolute Gasteiger partial charge is 0.262 e. The summed E-state index contributed by atoms with van der Waals surface area (Å²) in [7, 11) is 0. The summed E-state index contributed by atoms with van der Waals surface area (Å²) in [6.45, 7) is 1.86. The highest BCUT2D eigenvalue weighted by atomic mass is 35.5. The van der Waals surface area contributed by atoms with Crippen LogP contribution in [0.2, 0.25) is 5.02 Å². The van der Waals surface area contributed by atoms with Crippen molar-refractivity contribution in [1.29, 1.82) is 0 Å². The first-order valence-corrected chi connectivity index (χ1v) is 6.86. The maximum Gasteiger partial charge on any atom is 0.262 e. The van der Waals surface area contributed by atoms with Gasteiger partial charge in [-0.1, -0.05) is 18.5 Å². The van der Waals surface area contributed by atoms with Gasteiger partial charge in [-0.15, -0.1) is 0 Å². The Kier molecular flexibility index (Phi) is 3.43. The molecule has 0 aliphatic carbocycles. The largest absolute Gasteiger partial charge is 0.482 e. The quantitative estimate of drug-likeness (QED) is 0.885. The molecule has 0 atom stereocenters. The number of fused-ring (bicyclic) bond motifs is 1. The molecule has 1 aliphatic heterocycles. The molecule has 1 aromatic carbocycles. The Morgan fingerprint density at radius 3 is 2.90 bits per heavy atom. The number of ketones is 1. The van der Waals surface area contributed by atoms with E-state index in [1.165, 1.54) is 12.1 Å². The van der Waals surface area contributed by atoms with Gasteiger partial charge in [-0.3, -0.25) is 9.59 Å². The van der Waals surface area contributed by atoms with Crippen molar-refractivity contribution in [3.63, 3.8) is 0 Å². The number of halogens is 1. The van der Waals surface area contributed by atoms with Crippen LogP contribution in [-0.2, 0) is 11.2 Å². The Hall–Kier alpha value is -2.27. The highest BCUT2D eigenvalue weighted by Crippen LogP contribution is 2.34. The van der Waals surface area contributed by atoms with Crippen LogP contribution < -0.4 is 10.1 Å². The average molecular weight is 306 g/mol. The minimum absolute atomic E-state index is 0.0804. The van der Waals surface area contributed by atoms with Gasteiger partial charge in [-0.05, 0) is 24.3 Å². The lowest BCUT2D eigenvalue weighted by Crippen LogP contribution is -2.25. The van der Waals surface area contributed by atoms with Crippen molar-refractivity contribution < 1.29 is 18.7 Å². The standard InChI is InChI=1S/C15H12ClNO4/c1-2-8-3-4-12(21-8)15(19)9-5-13-11(6-10(9)16)17-14(18)7-20-13/h3-6H,2,7H2,1H3,(H,17,18). The van der Waals surface area contributed by atoms with Crippen LogP contribution in [0, 0.1) is 0 Å². The molecule has 0 fully saturated rings. The molecule has 5 nitrogen and oxygen atoms in total. The van der Waals surface area contributed by atoms with Gasteiger partial charge in [0.25, 0.3) is 5.91 Å². The van der Waals surface area contributed by atoms with Crippen LogP contribution in [0.15, 0.2) is 28.7 Å². The lowest BCUT2D eigenvalue weighted by atomic mass is 10.1. The van der Waals surface area contributed by atoms with Crippen molar-refractivity contribution in [2.45, 2.75) is 13.3 Å². The molecule has 1 amide bonds. The third-order valence-corrected chi connectivity index (χ3v) is 3.49. The normalized spacial score (nSPS) is 13.3. The molecule has 0 saturated heterocycles. The molecule has 0 bridgehead atoms. The Labute approximate surface area is 125 Å². The van der Waals surface area contributed by atoms with Crippen molar-refractivity contribution in [2.24, 2.45) is 0 Å². The van der Waals surface area contributed by atoms with E-state index in [1.54, 1.807) is 12.1 Å². The molecule has 6 heteroatoms. The predicted octanol–water partition coefficient (Wildman–Crippen LogP) is 3.06. The topological polar surface area (TPSA) is 68.5 Å². The molecule has 1 aromatic heterocycles. The van der Waals surface area contributed by atoms with Gasteiger partial charge in [0.1, 0.15) is 11.5 Å². The van der Waals surface area contributed by atoms with E-state index in [-0.39, 0.29) is 34.6 Å². The minimum Gasteiger partial charge on any atom is -0.482 e. The summed E-state index contributed by atoms with van der Waals surface area (Å²) in [6.07, 6.45) is 0.709. The lowest BCUT2D eigenvalue weighted by Gasteiger charge is -2.19. The monoisotopic (exact) mass is 305 g/mol. The van der Waals surface area contributed by atoms with E-state index < -0.39 is 0 Å². The van der Waals surface area contributed by atoms with E-state index in [9.17, 15) is 9.59 Å². The SMILES string of the molecule is CCc1ccc(C(=O)c2cc3c(cc2Cl)NC(=O)CO3)o1. The molecule has 0 saturated carbocycles. The zero-order chi connectivity index (χ0) is 15.0. The van der Waals surface area contributed by atoms with Gasteiger partial charge in [0.2, 0.25) is 5.78 Å². The number of carbonyl (C=O) groups excluding carboxylic acids is 2. The number of carbonyl (C=O) groups is 2. The van der Waals surface area contributed by atoms with E-state index in [0.717, 1.165) is 5.76 Å². The fraction of sp³-hybridized carbons (Fsp3) is 0.200. The zero-order valence-electron chi connectivity index (χ0n) is 11.2. The molecular weight excluding hydrogens is 294 g/mol. The number of hydrogen-bond donors (Lipinski definition) is 1. The minimum atomic E-state index is -0.317. The Bertz CT molecular complexity index is 735. The molecule has 1 N–H and O–H groups in total. The van der Waals surface area contributed by atoms with Crippen LogP contribution in [-0.4, -0.2) is 18.3 Å². The highest BCUT2D eigenvalue weighted by Gasteiger charge is 2.23. The summed E-state index contributed by atoms with van der Waals surface area (Å²) in [4.78, 5) is 23.7. The van der Waals surface area contributed by atoms with E-state index in [0.29, 0.717) is 17.9 Å². The van der Waals surface area contributed by atoms with E-state index in [1.807, 2.05) is 6.92 Å². The predicted molar refractivity (Wildman–Crippen MR) is 77.1 cm³/mol. The first-order chi connectivity index (χ1) is 10.1. The molecule has 2 aromatic rings. The number of furan rings is 1. The molecule has 0 spiro atoms. The van der Waals surface area contributed by atoms with E-state index in [2.05, 4.69) is 5.32 Å². The van der Waals surface area contributed by atoms with Gasteiger partial charge in [-0.2, -0.15) is 0 Å². The van der Waals surface area contributed by atoms with Gasteiger partial charge >= 0.3 is 0 Å². The summed E-state index contributed by atoms with van der Waals surface area (Å²) < 4.78 is 10.7. The second-order valence-electron chi connectivity index (χ2n) is 4.61. The van der Waals surface area contributed by atoms with Crippen LogP contribution >= 0.6 is 11.6 Å². The maximum absolute atomic E-state index is 12.4. The van der Waals surface area contributed by atoms with Crippen LogP contribution in [0.1, 0.15) is 28.8 Å². The summed E-state index contributed by atoms with van der Waals surface area (Å²) in [5.74, 6) is 0.813. The van der Waals surface area contributed by atoms with Crippen LogP contribution in [0.25, 0.3) is 0 Å². The molecule has 0 radical (unpaired) electrons. The van der Waals surface area contributed by atoms with Crippen LogP contribution in [0.3, 0.4) is 0 Å². The van der Waals surface area contributed by atoms with Crippen molar-refractivity contribution >= 4 is 29.0 Å². The summed E-state index contributed by atoms with van der Waals surface area (Å²) in [6, 6.07) is 6.41. The summed E-state index contributed by atoms with van der Waals surface area (Å²) in [5.41, 5.74) is 0.741. The molecule has 1 aliphatic rings. The Balaban J connectivity index is 1.98. The molecular formula is C15H12ClNO4. The summed E-state index contributed by atoms with van der Waals surface area (Å²) >= 11 is 6.12. The number of hydrogen-bond acceptors (Lipinski definition) is 4. The molecule has 0 unspecified atom stereocenters. The van der Waals surface area contributed by atoms with Crippen molar-refractivity contribution in [1.82, 2.24) is 0 Å². The first kappa shape index (κ1) is 13.7. The number of rotatable bonds is 3. The molecule has 2 heterocycles. The van der Waals surface area contributed by atoms with Crippen molar-refractivity contribution in [3.8, 4) is 5.75 Å². The lowest BCUT2D eigenvalue weighted by molar-refractivity contribution is -0.118. The number of aryl methyl sites for hydroxylation is 1. The zero-order valence-corrected chi connectivity index (χ0v) is 12.0. The molecule has 3 rings (SSSR count). The fourth-order valence-electron chi connectivity index (χ4n) is 2.10. The fourth-order valence-corrected chi connectivity index (χ4v) is 2.35. The second kappa shape index (κ2) is 5.26. The highest BCUT2D eigenvalue weighted by molar-refractivity contribution is 6.35. The van der Waals surface area contributed by atoms with Gasteiger partial charge in [0.05, 0.1) is 10.7 Å². The van der Waals surface area contributed by atoms with Crippen LogP contribution in [0.4, 0.5) is 5.69 Å². The Morgan fingerprint density at radius 1 is 1.38 bits per heavy atom. The molecule has 21 heavy (non-hydrogen) atoms. The van der Waals surface area contributed by atoms with Crippen molar-refractivity contribution in [3.05, 3.63) is 46.4 Å². The number of ether oxygens (including phenoxy) is 1. The van der Waals surface area contributed by atoms with Crippen LogP contribution in [0.5, 0.6) is 5.75 Å². The summed E-state index contributed by atoms with van der Waals surface area (Å²) in [5, 5.41) is 2.87. The second-order valence-corrected chi connectivity index (χ2v) is 5.02. The number of amides is 1. The third-order valence-electron chi connectivity index (χ3n) is 3.18. The Morgan fingerprint density at radius 2 is 2.19 bits per heavy atom. The number of benzene rings is 1. The first-order valence-electron chi connectivity index (χ1n) is 6.48. The number of anilines is 1. The average Bonchev–Trinajstić information content (AvgIpc) is 2.94. The van der Waals surface area contributed by atoms with E-state index in [4.69, 9.17) is 20.8 Å². The van der Waals surface area contributed by atoms with E-state index >= 15 is 0 Å². The van der Waals surface area contributed by atoms with Gasteiger partial charge in [0, 0.05) is 12.0 Å².